The summed E-state index contributed by atoms with van der Waals surface area (Å²) in [4.78, 5) is 32.2. The van der Waals surface area contributed by atoms with E-state index in [1.807, 2.05) is 23.7 Å². The van der Waals surface area contributed by atoms with E-state index in [0.717, 1.165) is 16.8 Å². The highest BCUT2D eigenvalue weighted by Gasteiger charge is 2.19. The Morgan fingerprint density at radius 3 is 2.45 bits per heavy atom. The monoisotopic (exact) mass is 413 g/mol. The third kappa shape index (κ3) is 5.00. The summed E-state index contributed by atoms with van der Waals surface area (Å²) in [5.74, 6) is -0.717. The zero-order valence-electron chi connectivity index (χ0n) is 16.0. The van der Waals surface area contributed by atoms with Gasteiger partial charge in [-0.05, 0) is 43.3 Å². The Hall–Kier alpha value is -3.20. The number of halogens is 1. The van der Waals surface area contributed by atoms with Crippen molar-refractivity contribution >= 4 is 23.7 Å². The molecule has 9 heteroatoms. The van der Waals surface area contributed by atoms with Crippen LogP contribution in [0, 0.1) is 5.82 Å². The van der Waals surface area contributed by atoms with Crippen molar-refractivity contribution in [3.8, 4) is 22.5 Å². The van der Waals surface area contributed by atoms with Crippen LogP contribution in [0.2, 0.25) is 0 Å². The van der Waals surface area contributed by atoms with Crippen LogP contribution in [-0.4, -0.2) is 38.8 Å². The average Bonchev–Trinajstić information content (AvgIpc) is 3.04. The predicted molar refractivity (Wildman–Crippen MR) is 110 cm³/mol. The number of hydrogen-bond acceptors (Lipinski definition) is 5. The third-order valence-corrected chi connectivity index (χ3v) is 5.08. The third-order valence-electron chi connectivity index (χ3n) is 4.05. The van der Waals surface area contributed by atoms with Crippen molar-refractivity contribution < 1.29 is 14.0 Å². The van der Waals surface area contributed by atoms with Gasteiger partial charge in [-0.25, -0.2) is 14.2 Å². The molecule has 0 atom stereocenters. The number of thioether (sulfide) groups is 1. The Morgan fingerprint density at radius 1 is 1.10 bits per heavy atom. The van der Waals surface area contributed by atoms with Gasteiger partial charge in [0.1, 0.15) is 5.82 Å². The van der Waals surface area contributed by atoms with E-state index >= 15 is 0 Å². The van der Waals surface area contributed by atoms with E-state index in [0.29, 0.717) is 17.4 Å². The van der Waals surface area contributed by atoms with E-state index in [1.54, 1.807) is 31.5 Å². The Bertz CT molecular complexity index is 1010. The fraction of sp³-hybridized carbons (Fsp3) is 0.200. The fourth-order valence-electron chi connectivity index (χ4n) is 2.75. The molecule has 2 aromatic heterocycles. The van der Waals surface area contributed by atoms with Gasteiger partial charge < -0.3 is 9.88 Å². The summed E-state index contributed by atoms with van der Waals surface area (Å²) in [6.45, 7) is 2.20. The molecule has 3 rings (SSSR count). The Morgan fingerprint density at radius 2 is 1.79 bits per heavy atom. The van der Waals surface area contributed by atoms with E-state index in [9.17, 15) is 14.0 Å². The number of benzene rings is 1. The molecule has 7 nitrogen and oxygen atoms in total. The maximum absolute atomic E-state index is 13.4. The highest BCUT2D eigenvalue weighted by molar-refractivity contribution is 7.99. The number of imidazole rings is 1. The zero-order valence-corrected chi connectivity index (χ0v) is 16.8. The van der Waals surface area contributed by atoms with Crippen LogP contribution < -0.4 is 10.6 Å². The first kappa shape index (κ1) is 20.5. The second-order valence-corrected chi connectivity index (χ2v) is 7.03. The quantitative estimate of drug-likeness (QED) is 0.606. The van der Waals surface area contributed by atoms with E-state index in [4.69, 9.17) is 0 Å². The standard InChI is InChI=1S/C20H20FN5O2S/c1-3-23-19(28)24-16(27)12-29-20-25-17(13-4-6-15(21)7-5-13)18(26(20)2)14-8-10-22-11-9-14/h4-11H,3,12H2,1-2H3,(H2,23,24,27,28). The smallest absolute Gasteiger partial charge is 0.321 e. The molecule has 3 aromatic rings. The van der Waals surface area contributed by atoms with Crippen LogP contribution in [-0.2, 0) is 11.8 Å². The van der Waals surface area contributed by atoms with Crippen LogP contribution >= 0.6 is 11.8 Å². The summed E-state index contributed by atoms with van der Waals surface area (Å²) < 4.78 is 15.2. The van der Waals surface area contributed by atoms with Crippen molar-refractivity contribution in [2.75, 3.05) is 12.3 Å². The van der Waals surface area contributed by atoms with E-state index in [1.165, 1.54) is 23.9 Å². The molecule has 0 aliphatic heterocycles. The van der Waals surface area contributed by atoms with Crippen molar-refractivity contribution in [3.05, 3.63) is 54.6 Å². The van der Waals surface area contributed by atoms with Crippen LogP contribution in [0.5, 0.6) is 0 Å². The molecule has 3 amide bonds. The lowest BCUT2D eigenvalue weighted by Gasteiger charge is -2.08. The van der Waals surface area contributed by atoms with Gasteiger partial charge in [0.05, 0.1) is 17.1 Å². The van der Waals surface area contributed by atoms with E-state index in [2.05, 4.69) is 20.6 Å². The molecule has 0 unspecified atom stereocenters. The topological polar surface area (TPSA) is 88.9 Å². The first-order valence-corrected chi connectivity index (χ1v) is 9.91. The first-order valence-electron chi connectivity index (χ1n) is 8.93. The van der Waals surface area contributed by atoms with Crippen molar-refractivity contribution in [2.24, 2.45) is 7.05 Å². The van der Waals surface area contributed by atoms with Gasteiger partial charge in [-0.2, -0.15) is 0 Å². The fourth-order valence-corrected chi connectivity index (χ4v) is 3.53. The summed E-state index contributed by atoms with van der Waals surface area (Å²) in [5, 5.41) is 5.37. The SMILES string of the molecule is CCNC(=O)NC(=O)CSc1nc(-c2ccc(F)cc2)c(-c2ccncc2)n1C. The number of pyridine rings is 1. The van der Waals surface area contributed by atoms with Crippen molar-refractivity contribution in [2.45, 2.75) is 12.1 Å². The van der Waals surface area contributed by atoms with Gasteiger partial charge in [-0.1, -0.05) is 11.8 Å². The number of nitrogens with zero attached hydrogens (tertiary/aromatic N) is 3. The number of nitrogens with one attached hydrogen (secondary N) is 2. The van der Waals surface area contributed by atoms with Crippen molar-refractivity contribution in [1.29, 1.82) is 0 Å². The molecule has 0 aliphatic carbocycles. The number of imide groups is 1. The zero-order chi connectivity index (χ0) is 20.8. The number of carbonyl (C=O) groups excluding carboxylic acids is 2. The van der Waals surface area contributed by atoms with Gasteiger partial charge in [-0.3, -0.25) is 15.1 Å². The lowest BCUT2D eigenvalue weighted by Crippen LogP contribution is -2.40. The lowest BCUT2D eigenvalue weighted by molar-refractivity contribution is -0.117. The molecule has 0 bridgehead atoms. The summed E-state index contributed by atoms with van der Waals surface area (Å²) in [7, 11) is 1.85. The van der Waals surface area contributed by atoms with Crippen molar-refractivity contribution in [1.82, 2.24) is 25.2 Å². The molecule has 1 aromatic carbocycles. The highest BCUT2D eigenvalue weighted by atomic mass is 32.2. The minimum atomic E-state index is -0.526. The number of urea groups is 1. The van der Waals surface area contributed by atoms with Gasteiger partial charge >= 0.3 is 6.03 Å². The lowest BCUT2D eigenvalue weighted by atomic mass is 10.1. The maximum atomic E-state index is 13.4. The molecule has 0 radical (unpaired) electrons. The summed E-state index contributed by atoms with van der Waals surface area (Å²) in [6, 6.07) is 9.29. The van der Waals surface area contributed by atoms with Crippen LogP contribution in [0.1, 0.15) is 6.92 Å². The Balaban J connectivity index is 1.90. The predicted octanol–water partition coefficient (Wildman–Crippen LogP) is 3.23. The summed E-state index contributed by atoms with van der Waals surface area (Å²) in [5.41, 5.74) is 3.15. The molecule has 0 saturated carbocycles. The molecular weight excluding hydrogens is 393 g/mol. The Labute approximate surface area is 171 Å². The van der Waals surface area contributed by atoms with Crippen LogP contribution in [0.25, 0.3) is 22.5 Å². The average molecular weight is 413 g/mol. The molecule has 0 fully saturated rings. The minimum absolute atomic E-state index is 0.0284. The highest BCUT2D eigenvalue weighted by Crippen LogP contribution is 2.34. The van der Waals surface area contributed by atoms with E-state index in [-0.39, 0.29) is 11.6 Å². The molecule has 0 saturated heterocycles. The van der Waals surface area contributed by atoms with Gasteiger partial charge in [-0.15, -0.1) is 0 Å². The maximum Gasteiger partial charge on any atom is 0.321 e. The largest absolute Gasteiger partial charge is 0.338 e. The number of rotatable bonds is 6. The Kier molecular flexibility index (Phi) is 6.61. The summed E-state index contributed by atoms with van der Waals surface area (Å²) >= 11 is 1.21. The second-order valence-electron chi connectivity index (χ2n) is 6.09. The van der Waals surface area contributed by atoms with Gasteiger partial charge in [0.25, 0.3) is 0 Å². The molecule has 150 valence electrons. The van der Waals surface area contributed by atoms with Crippen molar-refractivity contribution in [3.63, 3.8) is 0 Å². The number of amides is 3. The van der Waals surface area contributed by atoms with Crippen LogP contribution in [0.4, 0.5) is 9.18 Å². The normalized spacial score (nSPS) is 10.6. The summed E-state index contributed by atoms with van der Waals surface area (Å²) in [6.07, 6.45) is 3.37. The molecule has 29 heavy (non-hydrogen) atoms. The molecular formula is C20H20FN5O2S. The molecule has 0 aliphatic rings. The minimum Gasteiger partial charge on any atom is -0.338 e. The van der Waals surface area contributed by atoms with Crippen LogP contribution in [0.15, 0.2) is 53.9 Å². The number of hydrogen-bond donors (Lipinski definition) is 2. The molecule has 2 N–H and O–H groups in total. The van der Waals surface area contributed by atoms with Gasteiger partial charge in [0.2, 0.25) is 5.91 Å². The number of carbonyl (C=O) groups is 2. The van der Waals surface area contributed by atoms with Crippen LogP contribution in [0.3, 0.4) is 0 Å². The first-order chi connectivity index (χ1) is 14.0. The molecule has 2 heterocycles. The van der Waals surface area contributed by atoms with Gasteiger partial charge in [0, 0.05) is 37.1 Å². The second kappa shape index (κ2) is 9.33. The van der Waals surface area contributed by atoms with E-state index < -0.39 is 11.9 Å². The molecule has 0 spiro atoms. The number of aromatic nitrogens is 3. The van der Waals surface area contributed by atoms with Gasteiger partial charge in [0.15, 0.2) is 5.16 Å².